The first-order valence-corrected chi connectivity index (χ1v) is 51.6. The second-order valence-corrected chi connectivity index (χ2v) is 42.2. The summed E-state index contributed by atoms with van der Waals surface area (Å²) >= 11 is 0.330. The lowest BCUT2D eigenvalue weighted by Crippen LogP contribution is -2.63. The number of carbonyl (C=O) groups excluding carboxylic acids is 10. The van der Waals surface area contributed by atoms with Crippen LogP contribution in [0.25, 0.3) is 0 Å². The van der Waals surface area contributed by atoms with Crippen molar-refractivity contribution in [3.05, 3.63) is 144 Å². The van der Waals surface area contributed by atoms with Gasteiger partial charge in [0.2, 0.25) is 0 Å². The Kier molecular flexibility index (Phi) is 45.2. The second-order valence-electron chi connectivity index (χ2n) is 41.7. The highest BCUT2D eigenvalue weighted by Crippen LogP contribution is 2.48. The first-order valence-electron chi connectivity index (χ1n) is 50.9. The first kappa shape index (κ1) is 123. The maximum Gasteiger partial charge on any atom is 0.338 e. The number of hydrogen-bond donors (Lipinski definition) is 3. The SMILES string of the molecule is CC[C@H]1OC(=O)[C@H](C)[C@@H](OC2C[C@@](C)(OC)[C@@H](OC(=O)c3ccccc3)[C@H](C)O2)[C@H](C)[C@@H](OC2O[C@H](C)C[C@H](N(C)C)[C@H]2OC(=O)c2ccccc2)[C@@](C)(OC)C[C@@H](C)C(=O)[C@H](C)[C@@H](O)[C@@]1(O)COC(C)=O.CC[C@H]1OC(=O)[C@H](C)[C@@H](OC2C[C@@](C)(OC)[C@@H](OC(=O)c3ccccc3)[C@H](C)O2)[C@H](C)[C@@H](OC2O[C@H](C)C[C@H](N(C)C)[C@H]2OC(=O)c2ccccc2)[C@@](C)(OC)C[C@@H](C)C(=O)[C@H](C)[C@@H](OSOOC)[C@@]1(O)COC(C)=O. The van der Waals surface area contributed by atoms with E-state index in [1.54, 1.807) is 225 Å². The van der Waals surface area contributed by atoms with E-state index in [1.165, 1.54) is 42.5 Å². The molecule has 4 aromatic carbocycles. The zero-order valence-corrected chi connectivity index (χ0v) is 91.9. The van der Waals surface area contributed by atoms with Crippen LogP contribution < -0.4 is 0 Å². The summed E-state index contributed by atoms with van der Waals surface area (Å²) in [4.78, 5) is 148. The Morgan fingerprint density at radius 2 is 0.723 bits per heavy atom. The Morgan fingerprint density at radius 3 is 1.04 bits per heavy atom. The lowest BCUT2D eigenvalue weighted by Gasteiger charge is -2.50. The number of ether oxygens (including phenoxy) is 20. The number of carbonyl (C=O) groups is 10. The van der Waals surface area contributed by atoms with Crippen LogP contribution in [0.5, 0.6) is 0 Å². The van der Waals surface area contributed by atoms with Crippen LogP contribution in [-0.2, 0) is 137 Å². The third kappa shape index (κ3) is 30.0. The summed E-state index contributed by atoms with van der Waals surface area (Å²) in [5.41, 5.74) is -8.80. The highest BCUT2D eigenvalue weighted by Gasteiger charge is 2.61. The van der Waals surface area contributed by atoms with Crippen molar-refractivity contribution in [2.24, 2.45) is 47.3 Å². The molecule has 39 heteroatoms. The van der Waals surface area contributed by atoms with Crippen molar-refractivity contribution in [2.75, 3.05) is 77.0 Å². The molecule has 0 saturated carbocycles. The van der Waals surface area contributed by atoms with E-state index < -0.39 is 288 Å². The van der Waals surface area contributed by atoms with Gasteiger partial charge in [0.15, 0.2) is 73.1 Å². The van der Waals surface area contributed by atoms with E-state index in [0.29, 0.717) is 47.4 Å². The van der Waals surface area contributed by atoms with Crippen molar-refractivity contribution in [2.45, 2.75) is 358 Å². The third-order valence-corrected chi connectivity index (χ3v) is 30.7. The maximum atomic E-state index is 15.1. The number of rotatable bonds is 32. The van der Waals surface area contributed by atoms with Gasteiger partial charge in [0.1, 0.15) is 54.3 Å². The summed E-state index contributed by atoms with van der Waals surface area (Å²) in [6, 6.07) is 33.3. The van der Waals surface area contributed by atoms with Gasteiger partial charge in [0.05, 0.1) is 119 Å². The number of benzene rings is 4. The van der Waals surface area contributed by atoms with Gasteiger partial charge in [-0.1, -0.05) is 128 Å². The molecule has 4 unspecified atom stereocenters. The average molecular weight is 2110 g/mol. The summed E-state index contributed by atoms with van der Waals surface area (Å²) in [6.07, 6.45) is -21.5. The lowest BCUT2D eigenvalue weighted by atomic mass is 9.73. The van der Waals surface area contributed by atoms with Crippen LogP contribution in [0.1, 0.15) is 231 Å². The van der Waals surface area contributed by atoms with Crippen molar-refractivity contribution in [3.63, 3.8) is 0 Å². The van der Waals surface area contributed by atoms with Crippen LogP contribution in [0, 0.1) is 47.3 Å². The molecule has 6 fully saturated rings. The van der Waals surface area contributed by atoms with Gasteiger partial charge in [0, 0.05) is 90.6 Å². The molecule has 6 heterocycles. The summed E-state index contributed by atoms with van der Waals surface area (Å²) < 4.78 is 139. The molecule has 0 aromatic heterocycles. The maximum absolute atomic E-state index is 15.1. The minimum atomic E-state index is -2.44. The van der Waals surface area contributed by atoms with Crippen molar-refractivity contribution in [1.82, 2.24) is 9.80 Å². The molecule has 38 nitrogen and oxygen atoms in total. The molecule has 6 aliphatic rings. The van der Waals surface area contributed by atoms with Crippen LogP contribution in [0.15, 0.2) is 121 Å². The van der Waals surface area contributed by atoms with Gasteiger partial charge < -0.3 is 120 Å². The minimum absolute atomic E-state index is 0.000745. The predicted octanol–water partition coefficient (Wildman–Crippen LogP) is 12.6. The normalized spacial score (nSPS) is 37.6. The molecule has 148 heavy (non-hydrogen) atoms. The molecule has 4 aromatic rings. The van der Waals surface area contributed by atoms with Crippen LogP contribution in [0.4, 0.5) is 0 Å². The van der Waals surface area contributed by atoms with E-state index >= 15 is 9.59 Å². The van der Waals surface area contributed by atoms with Crippen LogP contribution in [0.2, 0.25) is 0 Å². The van der Waals surface area contributed by atoms with Gasteiger partial charge in [-0.15, -0.1) is 4.33 Å². The van der Waals surface area contributed by atoms with Crippen LogP contribution in [-0.4, -0.2) is 330 Å². The van der Waals surface area contributed by atoms with Gasteiger partial charge in [0.25, 0.3) is 0 Å². The van der Waals surface area contributed by atoms with E-state index in [1.807, 2.05) is 51.8 Å². The van der Waals surface area contributed by atoms with Gasteiger partial charge in [-0.2, -0.15) is 0 Å². The molecule has 0 amide bonds. The van der Waals surface area contributed by atoms with E-state index in [2.05, 4.69) is 0 Å². The van der Waals surface area contributed by atoms with E-state index in [9.17, 15) is 53.7 Å². The Hall–Kier alpha value is -8.47. The summed E-state index contributed by atoms with van der Waals surface area (Å²) in [5.74, 6) is -15.1. The van der Waals surface area contributed by atoms with E-state index in [0.717, 1.165) is 13.8 Å². The fraction of sp³-hybridized carbons (Fsp3) is 0.688. The molecule has 828 valence electrons. The summed E-state index contributed by atoms with van der Waals surface area (Å²) in [7, 11) is 14.6. The molecule has 0 radical (unpaired) electrons. The molecule has 0 aliphatic carbocycles. The summed E-state index contributed by atoms with van der Waals surface area (Å²) in [5, 5.41) is 37.2. The van der Waals surface area contributed by atoms with E-state index in [-0.39, 0.29) is 38.5 Å². The number of ketones is 2. The van der Waals surface area contributed by atoms with E-state index in [4.69, 9.17) is 108 Å². The molecular formula is C109H160N2O36S. The number of aliphatic hydroxyl groups is 3. The average Bonchev–Trinajstić information content (AvgIpc) is 0.760. The fourth-order valence-electron chi connectivity index (χ4n) is 21.6. The van der Waals surface area contributed by atoms with Crippen molar-refractivity contribution in [3.8, 4) is 0 Å². The Balaban J connectivity index is 0.000000329. The quantitative estimate of drug-likeness (QED) is 0.0102. The smallest absolute Gasteiger partial charge is 0.338 e. The Bertz CT molecular complexity index is 4940. The number of cyclic esters (lactones) is 2. The van der Waals surface area contributed by atoms with Gasteiger partial charge in [-0.05, 0) is 184 Å². The molecule has 6 saturated heterocycles. The minimum Gasteiger partial charge on any atom is -0.463 e. The Labute approximate surface area is 874 Å². The van der Waals surface area contributed by atoms with Crippen LogP contribution in [0.3, 0.4) is 0 Å². The molecule has 10 rings (SSSR count). The lowest BCUT2D eigenvalue weighted by molar-refractivity contribution is -0.319. The highest BCUT2D eigenvalue weighted by atomic mass is 32.2. The molecule has 6 aliphatic heterocycles. The predicted molar refractivity (Wildman–Crippen MR) is 537 cm³/mol. The largest absolute Gasteiger partial charge is 0.463 e. The number of aliphatic hydroxyl groups excluding tert-OH is 1. The first-order chi connectivity index (χ1) is 69.7. The number of hydrogen-bond acceptors (Lipinski definition) is 39. The second kappa shape index (κ2) is 54.4. The topological polar surface area (TPSA) is 450 Å². The van der Waals surface area contributed by atoms with Crippen molar-refractivity contribution in [1.29, 1.82) is 0 Å². The molecule has 36 atom stereocenters. The number of esters is 8. The Morgan fingerprint density at radius 1 is 0.405 bits per heavy atom. The number of nitrogens with zero attached hydrogens (tertiary/aromatic N) is 2. The van der Waals surface area contributed by atoms with Gasteiger partial charge in [-0.3, -0.25) is 33.0 Å². The number of methoxy groups -OCH3 is 4. The zero-order valence-electron chi connectivity index (χ0n) is 91.1. The summed E-state index contributed by atoms with van der Waals surface area (Å²) in [6.45, 7) is 31.4. The zero-order chi connectivity index (χ0) is 110. The highest BCUT2D eigenvalue weighted by molar-refractivity contribution is 7.89. The molecular weight excluding hydrogens is 1950 g/mol. The van der Waals surface area contributed by atoms with Crippen LogP contribution >= 0.6 is 12.3 Å². The van der Waals surface area contributed by atoms with Gasteiger partial charge >= 0.3 is 47.8 Å². The monoisotopic (exact) mass is 2110 g/mol. The molecule has 0 spiro atoms. The fourth-order valence-corrected chi connectivity index (χ4v) is 22.1. The van der Waals surface area contributed by atoms with Gasteiger partial charge in [-0.25, -0.2) is 24.1 Å². The van der Waals surface area contributed by atoms with Crippen molar-refractivity contribution < 1.29 is 171 Å². The third-order valence-electron chi connectivity index (χ3n) is 30.2. The van der Waals surface area contributed by atoms with Crippen molar-refractivity contribution >= 4 is 71.6 Å². The number of Topliss-reactive ketones (excluding diaryl/α,β-unsaturated/α-hetero) is 2. The number of likely N-dealkylation sites (N-methyl/N-ethyl adjacent to an activating group) is 2. The molecule has 0 bridgehead atoms. The standard InChI is InChI=1S/C55H81NO19S.C54H79NO17/c1-16-41-55(62,30-66-37(8)57)47(74-76-75-65-15)33(4)43(58)31(2)28-53(9,63-13)46(73-52-45(40(56(11)12)27-32(3)67-52)71-50(60)38-23-19-17-20-24-38)34(5)44(35(6)49(59)69-41)70-42-29-54(10,64-14)48(36(7)68-42)72-51(61)39-25-21-18-22-26-39;1-15-40-54(62,29-65-36(8)56)45(58)32(4)42(57)30(2)27-52(9,63-13)46(72-51-44(39(55(11)12)26-31(3)66-51)70-49(60)37-22-18-16-19-23-37)33(5)43(34(6)48(59)68-40)69-41-28-53(10,64-14)47(35(7)67-41)71-50(61)38-24-20-17-21-25-38/h17-26,31-36,40-42,44-48,52,62H,16,27-30H2,1-15H3;16-25,30-35,39-41,43-47,51,58,62H,15,26-29H2,1-14H3/t31-,32-,33+,34+,35-,36+,40+,41-,42?,44+,45-,46-,47-,48+,52?,53+,54-,55-;30-,31-,32+,33+,34-,35+,39+,40-,41?,43+,44-,45-,46-,47+,51?,52+,53-,54-/m11/s1. The molecule has 3 N–H and O–H groups in total.